The highest BCUT2D eigenvalue weighted by molar-refractivity contribution is 7.17. The number of pyridine rings is 1. The standard InChI is InChI=1S/C23H20N4O4S/c1-3-26(16-6-4-5-14(2)11-16)18(28)12-27-20(15-7-9-24-10-8-15)25-21-19(22(27)29)17(13-32-21)23(30)31/h4-11,13H,3,12H2,1-2H3,(H,30,31). The molecule has 0 saturated carbocycles. The van der Waals surface area contributed by atoms with E-state index in [1.54, 1.807) is 29.4 Å². The van der Waals surface area contributed by atoms with Gasteiger partial charge < -0.3 is 10.0 Å². The van der Waals surface area contributed by atoms with E-state index in [1.165, 1.54) is 9.95 Å². The third-order valence-corrected chi connectivity index (χ3v) is 5.96. The zero-order chi connectivity index (χ0) is 22.8. The fraction of sp³-hybridized carbons (Fsp3) is 0.174. The van der Waals surface area contributed by atoms with Gasteiger partial charge in [-0.2, -0.15) is 0 Å². The minimum atomic E-state index is -1.21. The number of benzene rings is 1. The van der Waals surface area contributed by atoms with Crippen LogP contribution in [0.5, 0.6) is 0 Å². The van der Waals surface area contributed by atoms with Crippen LogP contribution in [-0.4, -0.2) is 38.1 Å². The summed E-state index contributed by atoms with van der Waals surface area (Å²) >= 11 is 1.09. The van der Waals surface area contributed by atoms with Crippen molar-refractivity contribution in [1.82, 2.24) is 14.5 Å². The van der Waals surface area contributed by atoms with E-state index >= 15 is 0 Å². The van der Waals surface area contributed by atoms with E-state index in [2.05, 4.69) is 9.97 Å². The number of carboxylic acid groups (broad SMARTS) is 1. The zero-order valence-electron chi connectivity index (χ0n) is 17.5. The summed E-state index contributed by atoms with van der Waals surface area (Å²) in [4.78, 5) is 48.8. The molecule has 9 heteroatoms. The average molecular weight is 449 g/mol. The number of aromatic carboxylic acids is 1. The van der Waals surface area contributed by atoms with E-state index in [-0.39, 0.29) is 29.2 Å². The number of carboxylic acids is 1. The van der Waals surface area contributed by atoms with Crippen LogP contribution >= 0.6 is 11.3 Å². The predicted molar refractivity (Wildman–Crippen MR) is 123 cm³/mol. The van der Waals surface area contributed by atoms with Crippen molar-refractivity contribution in [3.63, 3.8) is 0 Å². The summed E-state index contributed by atoms with van der Waals surface area (Å²) in [7, 11) is 0. The summed E-state index contributed by atoms with van der Waals surface area (Å²) in [6.07, 6.45) is 3.14. The number of nitrogens with zero attached hydrogens (tertiary/aromatic N) is 4. The zero-order valence-corrected chi connectivity index (χ0v) is 18.3. The maximum atomic E-state index is 13.4. The number of rotatable bonds is 6. The highest BCUT2D eigenvalue weighted by Gasteiger charge is 2.23. The number of hydrogen-bond donors (Lipinski definition) is 1. The normalized spacial score (nSPS) is 10.9. The van der Waals surface area contributed by atoms with Gasteiger partial charge in [0.05, 0.1) is 10.9 Å². The fourth-order valence-corrected chi connectivity index (χ4v) is 4.47. The largest absolute Gasteiger partial charge is 0.478 e. The van der Waals surface area contributed by atoms with Gasteiger partial charge >= 0.3 is 5.97 Å². The van der Waals surface area contributed by atoms with Crippen LogP contribution in [0.25, 0.3) is 21.6 Å². The molecule has 0 aliphatic rings. The molecule has 1 amide bonds. The second kappa shape index (κ2) is 8.72. The topological polar surface area (TPSA) is 105 Å². The molecular weight excluding hydrogens is 428 g/mol. The van der Waals surface area contributed by atoms with Gasteiger partial charge in [-0.25, -0.2) is 9.78 Å². The van der Waals surface area contributed by atoms with Gasteiger partial charge in [0.15, 0.2) is 0 Å². The van der Waals surface area contributed by atoms with Crippen molar-refractivity contribution in [1.29, 1.82) is 0 Å². The predicted octanol–water partition coefficient (Wildman–Crippen LogP) is 3.58. The third kappa shape index (κ3) is 3.90. The van der Waals surface area contributed by atoms with E-state index in [0.29, 0.717) is 16.9 Å². The smallest absolute Gasteiger partial charge is 0.337 e. The molecule has 32 heavy (non-hydrogen) atoms. The number of fused-ring (bicyclic) bond motifs is 1. The van der Waals surface area contributed by atoms with Crippen molar-refractivity contribution in [2.75, 3.05) is 11.4 Å². The molecule has 1 aromatic carbocycles. The van der Waals surface area contributed by atoms with Crippen LogP contribution in [0.15, 0.2) is 59.0 Å². The second-order valence-corrected chi connectivity index (χ2v) is 8.03. The molecule has 0 radical (unpaired) electrons. The molecule has 0 fully saturated rings. The summed E-state index contributed by atoms with van der Waals surface area (Å²) in [5.41, 5.74) is 1.67. The Balaban J connectivity index is 1.87. The number of carbonyl (C=O) groups is 2. The molecule has 0 spiro atoms. The number of likely N-dealkylation sites (N-methyl/N-ethyl adjacent to an activating group) is 1. The van der Waals surface area contributed by atoms with Gasteiger partial charge in [-0.05, 0) is 43.7 Å². The summed E-state index contributed by atoms with van der Waals surface area (Å²) in [6, 6.07) is 10.9. The van der Waals surface area contributed by atoms with E-state index < -0.39 is 11.5 Å². The van der Waals surface area contributed by atoms with Gasteiger partial charge in [0, 0.05) is 35.6 Å². The number of amides is 1. The lowest BCUT2D eigenvalue weighted by Gasteiger charge is -2.23. The maximum absolute atomic E-state index is 13.4. The molecular formula is C23H20N4O4S. The Morgan fingerprint density at radius 3 is 2.59 bits per heavy atom. The molecule has 0 bridgehead atoms. The third-order valence-electron chi connectivity index (χ3n) is 5.09. The molecule has 0 aliphatic carbocycles. The molecule has 1 N–H and O–H groups in total. The van der Waals surface area contributed by atoms with Gasteiger partial charge in [0.1, 0.15) is 17.2 Å². The molecule has 0 atom stereocenters. The molecule has 0 unspecified atom stereocenters. The Morgan fingerprint density at radius 2 is 1.94 bits per heavy atom. The summed E-state index contributed by atoms with van der Waals surface area (Å²) in [5, 5.41) is 10.9. The molecule has 3 heterocycles. The van der Waals surface area contributed by atoms with Crippen LogP contribution in [0.3, 0.4) is 0 Å². The van der Waals surface area contributed by atoms with Crippen LogP contribution in [0.2, 0.25) is 0 Å². The summed E-state index contributed by atoms with van der Waals surface area (Å²) in [5.74, 6) is -1.22. The first-order valence-electron chi connectivity index (χ1n) is 9.93. The molecule has 4 rings (SSSR count). The number of thiophene rings is 1. The molecule has 3 aromatic heterocycles. The summed E-state index contributed by atoms with van der Waals surface area (Å²) in [6.45, 7) is 3.93. The van der Waals surface area contributed by atoms with Crippen LogP contribution in [0, 0.1) is 6.92 Å². The fourth-order valence-electron chi connectivity index (χ4n) is 3.57. The average Bonchev–Trinajstić information content (AvgIpc) is 3.21. The van der Waals surface area contributed by atoms with Gasteiger partial charge in [-0.1, -0.05) is 12.1 Å². The van der Waals surface area contributed by atoms with Crippen LogP contribution in [-0.2, 0) is 11.3 Å². The highest BCUT2D eigenvalue weighted by atomic mass is 32.1. The summed E-state index contributed by atoms with van der Waals surface area (Å²) < 4.78 is 1.25. The van der Waals surface area contributed by atoms with Crippen LogP contribution < -0.4 is 10.5 Å². The quantitative estimate of drug-likeness (QED) is 0.483. The van der Waals surface area contributed by atoms with Crippen molar-refractivity contribution in [3.8, 4) is 11.4 Å². The van der Waals surface area contributed by atoms with E-state index in [9.17, 15) is 19.5 Å². The minimum absolute atomic E-state index is 0.00621. The lowest BCUT2D eigenvalue weighted by molar-refractivity contribution is -0.119. The number of aromatic nitrogens is 3. The number of aryl methyl sites for hydroxylation is 1. The first-order chi connectivity index (χ1) is 15.4. The van der Waals surface area contributed by atoms with Gasteiger partial charge in [0.25, 0.3) is 5.56 Å². The van der Waals surface area contributed by atoms with Crippen molar-refractivity contribution < 1.29 is 14.7 Å². The van der Waals surface area contributed by atoms with E-state index in [1.807, 2.05) is 38.1 Å². The van der Waals surface area contributed by atoms with Crippen molar-refractivity contribution in [2.24, 2.45) is 0 Å². The molecule has 162 valence electrons. The Labute approximate surface area is 187 Å². The van der Waals surface area contributed by atoms with Crippen LogP contribution in [0.1, 0.15) is 22.8 Å². The first kappa shape index (κ1) is 21.4. The van der Waals surface area contributed by atoms with Crippen molar-refractivity contribution in [2.45, 2.75) is 20.4 Å². The van der Waals surface area contributed by atoms with Gasteiger partial charge in [-0.15, -0.1) is 11.3 Å². The van der Waals surface area contributed by atoms with Gasteiger partial charge in [0.2, 0.25) is 5.91 Å². The number of carbonyl (C=O) groups excluding carboxylic acids is 1. The van der Waals surface area contributed by atoms with E-state index in [4.69, 9.17) is 0 Å². The Hall–Kier alpha value is -3.85. The lowest BCUT2D eigenvalue weighted by atomic mass is 10.2. The van der Waals surface area contributed by atoms with Crippen LogP contribution in [0.4, 0.5) is 5.69 Å². The second-order valence-electron chi connectivity index (χ2n) is 7.17. The monoisotopic (exact) mass is 448 g/mol. The molecule has 0 aliphatic heterocycles. The Morgan fingerprint density at radius 1 is 1.19 bits per heavy atom. The number of anilines is 1. The lowest BCUT2D eigenvalue weighted by Crippen LogP contribution is -2.37. The SMILES string of the molecule is CCN(C(=O)Cn1c(-c2ccncc2)nc2scc(C(=O)O)c2c1=O)c1cccc(C)c1. The van der Waals surface area contributed by atoms with Crippen molar-refractivity contribution >= 4 is 39.1 Å². The minimum Gasteiger partial charge on any atom is -0.478 e. The molecule has 0 saturated heterocycles. The molecule has 4 aromatic rings. The van der Waals surface area contributed by atoms with Crippen molar-refractivity contribution in [3.05, 3.63) is 75.7 Å². The Bertz CT molecular complexity index is 1380. The maximum Gasteiger partial charge on any atom is 0.337 e. The Kier molecular flexibility index (Phi) is 5.83. The number of hydrogen-bond acceptors (Lipinski definition) is 6. The van der Waals surface area contributed by atoms with E-state index in [0.717, 1.165) is 22.6 Å². The molecule has 8 nitrogen and oxygen atoms in total. The first-order valence-corrected chi connectivity index (χ1v) is 10.8. The highest BCUT2D eigenvalue weighted by Crippen LogP contribution is 2.25. The van der Waals surface area contributed by atoms with Gasteiger partial charge in [-0.3, -0.25) is 19.1 Å².